The van der Waals surface area contributed by atoms with E-state index >= 15 is 0 Å². The van der Waals surface area contributed by atoms with Gasteiger partial charge in [0.05, 0.1) is 30.9 Å². The van der Waals surface area contributed by atoms with Gasteiger partial charge in [-0.15, -0.1) is 0 Å². The van der Waals surface area contributed by atoms with Crippen LogP contribution < -0.4 is 9.03 Å². The van der Waals surface area contributed by atoms with Crippen molar-refractivity contribution in [1.82, 2.24) is 14.5 Å². The lowest BCUT2D eigenvalue weighted by molar-refractivity contribution is -0.136. The molecule has 1 amide bonds. The summed E-state index contributed by atoms with van der Waals surface area (Å²) in [5.41, 5.74) is 2.23. The Morgan fingerprint density at radius 1 is 1.00 bits per heavy atom. The van der Waals surface area contributed by atoms with Gasteiger partial charge in [-0.2, -0.15) is 0 Å². The van der Waals surface area contributed by atoms with Gasteiger partial charge in [0, 0.05) is 25.0 Å². The number of carbonyl (C=O) groups excluding carboxylic acids is 1. The Balaban J connectivity index is 1.44. The molecule has 4 rings (SSSR count). The van der Waals surface area contributed by atoms with Gasteiger partial charge in [0.25, 0.3) is 0 Å². The Kier molecular flexibility index (Phi) is 10.7. The van der Waals surface area contributed by atoms with Gasteiger partial charge in [-0.1, -0.05) is 62.4 Å². The Labute approximate surface area is 251 Å². The average Bonchev–Trinajstić information content (AvgIpc) is 3.30. The number of amides is 1. The first-order valence-electron chi connectivity index (χ1n) is 14.7. The van der Waals surface area contributed by atoms with E-state index in [-0.39, 0.29) is 30.3 Å². The fraction of sp³-hybridized carbons (Fsp3) is 0.567. The molecule has 2 aliphatic rings. The Morgan fingerprint density at radius 2 is 1.64 bits per heavy atom. The van der Waals surface area contributed by atoms with E-state index in [0.29, 0.717) is 51.1 Å². The molecule has 1 fully saturated rings. The monoisotopic (exact) mass is 620 g/mol. The number of benzene rings is 2. The standard InChI is InChI=1S/C30H44N4O6S2/c1-4-32(5-2)18-11-21-42(38,39)31-27(23-40-22-25-12-7-6-8-13-25)29(35)33-19-16-30(17-20-33)24-34(41(3,36)37)28-15-10-9-14-26(28)30/h6-10,12-15,27,31H,4-5,11,16-24H2,1-3H3/t27-/m1/s1. The molecule has 0 aliphatic carbocycles. The van der Waals surface area contributed by atoms with Gasteiger partial charge in [-0.3, -0.25) is 9.10 Å². The molecule has 0 unspecified atom stereocenters. The van der Waals surface area contributed by atoms with Gasteiger partial charge >= 0.3 is 0 Å². The van der Waals surface area contributed by atoms with E-state index in [9.17, 15) is 21.6 Å². The van der Waals surface area contributed by atoms with Crippen molar-refractivity contribution in [2.75, 3.05) is 62.2 Å². The average molecular weight is 621 g/mol. The summed E-state index contributed by atoms with van der Waals surface area (Å²) in [7, 11) is -7.18. The summed E-state index contributed by atoms with van der Waals surface area (Å²) in [6.07, 6.45) is 2.84. The highest BCUT2D eigenvalue weighted by atomic mass is 32.2. The van der Waals surface area contributed by atoms with E-state index in [1.807, 2.05) is 68.4 Å². The van der Waals surface area contributed by atoms with Gasteiger partial charge in [0.15, 0.2) is 0 Å². The summed E-state index contributed by atoms with van der Waals surface area (Å²) in [6.45, 7) is 7.75. The van der Waals surface area contributed by atoms with Gasteiger partial charge in [-0.05, 0) is 56.1 Å². The van der Waals surface area contributed by atoms with Crippen LogP contribution in [0.25, 0.3) is 0 Å². The Morgan fingerprint density at radius 3 is 2.29 bits per heavy atom. The third-order valence-corrected chi connectivity index (χ3v) is 11.0. The summed E-state index contributed by atoms with van der Waals surface area (Å²) in [5, 5.41) is 0. The number of hydrogen-bond acceptors (Lipinski definition) is 7. The molecule has 1 N–H and O–H groups in total. The number of fused-ring (bicyclic) bond motifs is 2. The third kappa shape index (κ3) is 7.90. The summed E-state index contributed by atoms with van der Waals surface area (Å²) < 4.78 is 61.2. The van der Waals surface area contributed by atoms with Crippen molar-refractivity contribution < 1.29 is 26.4 Å². The van der Waals surface area contributed by atoms with Crippen LogP contribution in [0.15, 0.2) is 54.6 Å². The Hall–Kier alpha value is -2.51. The minimum atomic E-state index is -3.73. The fourth-order valence-electron chi connectivity index (χ4n) is 6.00. The van der Waals surface area contributed by atoms with Crippen molar-refractivity contribution in [2.24, 2.45) is 0 Å². The number of piperidine rings is 1. The zero-order valence-electron chi connectivity index (χ0n) is 24.9. The van der Waals surface area contributed by atoms with Gasteiger partial charge in [-0.25, -0.2) is 21.6 Å². The van der Waals surface area contributed by atoms with Crippen LogP contribution in [0.2, 0.25) is 0 Å². The molecule has 232 valence electrons. The SMILES string of the molecule is CCN(CC)CCCS(=O)(=O)N[C@H](COCc1ccccc1)C(=O)N1CCC2(CC1)CN(S(C)(=O)=O)c1ccccc12. The van der Waals surface area contributed by atoms with E-state index < -0.39 is 26.1 Å². The summed E-state index contributed by atoms with van der Waals surface area (Å²) in [5.74, 6) is -0.399. The topological polar surface area (TPSA) is 116 Å². The molecule has 10 nitrogen and oxygen atoms in total. The third-order valence-electron chi connectivity index (χ3n) is 8.42. The van der Waals surface area contributed by atoms with Crippen LogP contribution in [0.3, 0.4) is 0 Å². The predicted molar refractivity (Wildman–Crippen MR) is 165 cm³/mol. The highest BCUT2D eigenvalue weighted by molar-refractivity contribution is 7.92. The summed E-state index contributed by atoms with van der Waals surface area (Å²) in [4.78, 5) is 17.6. The number of hydrogen-bond donors (Lipinski definition) is 1. The zero-order valence-corrected chi connectivity index (χ0v) is 26.5. The molecule has 1 atom stereocenters. The molecule has 0 aromatic heterocycles. The first-order chi connectivity index (χ1) is 20.0. The van der Waals surface area contributed by atoms with Crippen molar-refractivity contribution in [2.45, 2.75) is 51.2 Å². The van der Waals surface area contributed by atoms with Crippen LogP contribution in [-0.2, 0) is 41.6 Å². The minimum absolute atomic E-state index is 0.0762. The van der Waals surface area contributed by atoms with Gasteiger partial charge in [0.2, 0.25) is 26.0 Å². The second-order valence-electron chi connectivity index (χ2n) is 11.3. The molecule has 2 aliphatic heterocycles. The second-order valence-corrected chi connectivity index (χ2v) is 15.0. The molecular formula is C30H44N4O6S2. The molecule has 0 bridgehead atoms. The van der Waals surface area contributed by atoms with Gasteiger partial charge in [0.1, 0.15) is 6.04 Å². The molecule has 0 radical (unpaired) electrons. The molecule has 42 heavy (non-hydrogen) atoms. The highest BCUT2D eigenvalue weighted by Gasteiger charge is 2.48. The van der Waals surface area contributed by atoms with Crippen molar-refractivity contribution in [3.63, 3.8) is 0 Å². The van der Waals surface area contributed by atoms with E-state index in [2.05, 4.69) is 9.62 Å². The largest absolute Gasteiger partial charge is 0.375 e. The van der Waals surface area contributed by atoms with Crippen molar-refractivity contribution in [1.29, 1.82) is 0 Å². The first kappa shape index (κ1) is 32.4. The molecule has 0 saturated carbocycles. The summed E-state index contributed by atoms with van der Waals surface area (Å²) in [6, 6.07) is 16.0. The minimum Gasteiger partial charge on any atom is -0.375 e. The van der Waals surface area contributed by atoms with Crippen molar-refractivity contribution in [3.8, 4) is 0 Å². The quantitative estimate of drug-likeness (QED) is 0.345. The first-order valence-corrected chi connectivity index (χ1v) is 18.2. The van der Waals surface area contributed by atoms with Crippen molar-refractivity contribution in [3.05, 3.63) is 65.7 Å². The number of likely N-dealkylation sites (tertiary alicyclic amines) is 1. The maximum atomic E-state index is 13.8. The number of para-hydroxylation sites is 1. The molecule has 1 saturated heterocycles. The number of ether oxygens (including phenoxy) is 1. The highest BCUT2D eigenvalue weighted by Crippen LogP contribution is 2.47. The maximum absolute atomic E-state index is 13.8. The fourth-order valence-corrected chi connectivity index (χ4v) is 8.23. The van der Waals surface area contributed by atoms with Crippen LogP contribution in [0.1, 0.15) is 44.2 Å². The van der Waals surface area contributed by atoms with E-state index in [4.69, 9.17) is 4.74 Å². The van der Waals surface area contributed by atoms with E-state index in [0.717, 1.165) is 24.2 Å². The number of sulfonamides is 2. The molecule has 2 heterocycles. The lowest BCUT2D eigenvalue weighted by Crippen LogP contribution is -2.55. The van der Waals surface area contributed by atoms with Crippen LogP contribution >= 0.6 is 0 Å². The number of anilines is 1. The molecular weight excluding hydrogens is 576 g/mol. The number of nitrogens with zero attached hydrogens (tertiary/aromatic N) is 3. The lowest BCUT2D eigenvalue weighted by Gasteiger charge is -2.40. The summed E-state index contributed by atoms with van der Waals surface area (Å²) >= 11 is 0. The van der Waals surface area contributed by atoms with Crippen LogP contribution in [-0.4, -0.2) is 96.5 Å². The Bertz CT molecular complexity index is 1410. The number of carbonyl (C=O) groups is 1. The molecule has 2 aromatic rings. The molecule has 2 aromatic carbocycles. The smallest absolute Gasteiger partial charge is 0.243 e. The predicted octanol–water partition coefficient (Wildman–Crippen LogP) is 2.56. The number of nitrogens with one attached hydrogen (secondary N) is 1. The lowest BCUT2D eigenvalue weighted by atomic mass is 9.74. The molecule has 12 heteroatoms. The second kappa shape index (κ2) is 13.9. The van der Waals surface area contributed by atoms with Crippen LogP contribution in [0.5, 0.6) is 0 Å². The zero-order chi connectivity index (χ0) is 30.4. The van der Waals surface area contributed by atoms with Crippen LogP contribution in [0.4, 0.5) is 5.69 Å². The van der Waals surface area contributed by atoms with Crippen molar-refractivity contribution >= 4 is 31.6 Å². The maximum Gasteiger partial charge on any atom is 0.243 e. The van der Waals surface area contributed by atoms with E-state index in [1.54, 1.807) is 4.90 Å². The molecule has 1 spiro atoms. The van der Waals surface area contributed by atoms with E-state index in [1.165, 1.54) is 10.6 Å². The van der Waals surface area contributed by atoms with Crippen LogP contribution in [0, 0.1) is 0 Å². The van der Waals surface area contributed by atoms with Gasteiger partial charge < -0.3 is 14.5 Å². The normalized spacial score (nSPS) is 17.5. The number of rotatable bonds is 14.